The lowest BCUT2D eigenvalue weighted by molar-refractivity contribution is -0.142. The van der Waals surface area contributed by atoms with Crippen molar-refractivity contribution < 1.29 is 19.1 Å². The number of carbonyl (C=O) groups excluding carboxylic acids is 1. The van der Waals surface area contributed by atoms with Crippen molar-refractivity contribution in [1.82, 2.24) is 5.32 Å². The minimum absolute atomic E-state index is 0.0361. The Kier molecular flexibility index (Phi) is 4.83. The number of benzene rings is 1. The fraction of sp³-hybridized carbons (Fsp3) is 0.385. The van der Waals surface area contributed by atoms with Crippen LogP contribution in [0.1, 0.15) is 19.4 Å². The van der Waals surface area contributed by atoms with E-state index >= 15 is 0 Å². The van der Waals surface area contributed by atoms with Gasteiger partial charge < -0.3 is 10.4 Å². The number of nitrogens with one attached hydrogen (secondary N) is 1. The molecule has 0 radical (unpaired) electrons. The smallest absolute Gasteiger partial charge is 0.308 e. The predicted molar refractivity (Wildman–Crippen MR) is 64.5 cm³/mol. The fourth-order valence-electron chi connectivity index (χ4n) is 1.48. The van der Waals surface area contributed by atoms with E-state index in [1.807, 2.05) is 0 Å². The minimum Gasteiger partial charge on any atom is -0.481 e. The number of carboxylic acid groups (broad SMARTS) is 1. The van der Waals surface area contributed by atoms with Crippen LogP contribution in [0.3, 0.4) is 0 Å². The average Bonchev–Trinajstić information content (AvgIpc) is 2.27. The van der Waals surface area contributed by atoms with Gasteiger partial charge in [-0.2, -0.15) is 0 Å². The molecule has 0 fully saturated rings. The monoisotopic (exact) mass is 253 g/mol. The van der Waals surface area contributed by atoms with Crippen molar-refractivity contribution in [3.8, 4) is 0 Å². The van der Waals surface area contributed by atoms with E-state index in [-0.39, 0.29) is 12.3 Å². The second-order valence-corrected chi connectivity index (χ2v) is 4.29. The standard InChI is InChI=1S/C13H16FNO3/c1-8(13(17)18)9(2)15-12(16)7-10-4-3-5-11(14)6-10/h3-6,8-9H,7H2,1-2H3,(H,15,16)(H,17,18). The Balaban J connectivity index is 2.54. The molecule has 4 nitrogen and oxygen atoms in total. The fourth-order valence-corrected chi connectivity index (χ4v) is 1.48. The number of aliphatic carboxylic acids is 1. The van der Waals surface area contributed by atoms with Crippen LogP contribution in [0.25, 0.3) is 0 Å². The van der Waals surface area contributed by atoms with Gasteiger partial charge in [0.05, 0.1) is 12.3 Å². The molecule has 2 N–H and O–H groups in total. The Hall–Kier alpha value is -1.91. The van der Waals surface area contributed by atoms with E-state index in [1.165, 1.54) is 25.1 Å². The predicted octanol–water partition coefficient (Wildman–Crippen LogP) is 1.59. The highest BCUT2D eigenvalue weighted by molar-refractivity contribution is 5.80. The molecule has 1 aromatic carbocycles. The Morgan fingerprint density at radius 3 is 2.61 bits per heavy atom. The minimum atomic E-state index is -0.964. The van der Waals surface area contributed by atoms with Crippen LogP contribution in [-0.2, 0) is 16.0 Å². The van der Waals surface area contributed by atoms with Gasteiger partial charge in [-0.1, -0.05) is 12.1 Å². The zero-order valence-corrected chi connectivity index (χ0v) is 10.3. The molecule has 2 unspecified atom stereocenters. The van der Waals surface area contributed by atoms with Crippen LogP contribution in [0, 0.1) is 11.7 Å². The van der Waals surface area contributed by atoms with Gasteiger partial charge in [0.1, 0.15) is 5.82 Å². The summed E-state index contributed by atoms with van der Waals surface area (Å²) in [6, 6.07) is 5.29. The number of hydrogen-bond acceptors (Lipinski definition) is 2. The molecule has 18 heavy (non-hydrogen) atoms. The van der Waals surface area contributed by atoms with Crippen LogP contribution in [0.2, 0.25) is 0 Å². The highest BCUT2D eigenvalue weighted by Gasteiger charge is 2.20. The molecule has 0 heterocycles. The molecule has 5 heteroatoms. The summed E-state index contributed by atoms with van der Waals surface area (Å²) in [6.45, 7) is 3.15. The van der Waals surface area contributed by atoms with Crippen molar-refractivity contribution in [3.63, 3.8) is 0 Å². The van der Waals surface area contributed by atoms with Crippen molar-refractivity contribution >= 4 is 11.9 Å². The normalized spacial score (nSPS) is 13.7. The molecule has 0 spiro atoms. The Labute approximate surface area is 105 Å². The Morgan fingerprint density at radius 2 is 2.06 bits per heavy atom. The van der Waals surface area contributed by atoms with Gasteiger partial charge in [-0.25, -0.2) is 4.39 Å². The first-order valence-corrected chi connectivity index (χ1v) is 5.66. The number of amides is 1. The van der Waals surface area contributed by atoms with Crippen molar-refractivity contribution in [3.05, 3.63) is 35.6 Å². The van der Waals surface area contributed by atoms with E-state index in [0.29, 0.717) is 5.56 Å². The number of carboxylic acids is 1. The third-order valence-corrected chi connectivity index (χ3v) is 2.78. The molecule has 0 aliphatic carbocycles. The van der Waals surface area contributed by atoms with E-state index in [1.54, 1.807) is 13.0 Å². The second-order valence-electron chi connectivity index (χ2n) is 4.29. The van der Waals surface area contributed by atoms with Crippen LogP contribution >= 0.6 is 0 Å². The number of halogens is 1. The zero-order chi connectivity index (χ0) is 13.7. The van der Waals surface area contributed by atoms with Crippen molar-refractivity contribution in [2.24, 2.45) is 5.92 Å². The first kappa shape index (κ1) is 14.2. The lowest BCUT2D eigenvalue weighted by atomic mass is 10.0. The first-order valence-electron chi connectivity index (χ1n) is 5.66. The summed E-state index contributed by atoms with van der Waals surface area (Å²) in [5.74, 6) is -2.34. The van der Waals surface area contributed by atoms with E-state index < -0.39 is 23.7 Å². The Bertz CT molecular complexity index is 448. The van der Waals surface area contributed by atoms with Crippen molar-refractivity contribution in [1.29, 1.82) is 0 Å². The summed E-state index contributed by atoms with van der Waals surface area (Å²) < 4.78 is 12.9. The molecule has 1 aromatic rings. The van der Waals surface area contributed by atoms with Gasteiger partial charge >= 0.3 is 5.97 Å². The second kappa shape index (κ2) is 6.14. The van der Waals surface area contributed by atoms with Crippen molar-refractivity contribution in [2.45, 2.75) is 26.3 Å². The maximum absolute atomic E-state index is 12.9. The molecule has 0 aliphatic rings. The molecule has 1 amide bonds. The summed E-state index contributed by atoms with van der Waals surface area (Å²) in [7, 11) is 0. The van der Waals surface area contributed by atoms with E-state index in [2.05, 4.69) is 5.32 Å². The third-order valence-electron chi connectivity index (χ3n) is 2.78. The molecule has 1 rings (SSSR count). The van der Waals surface area contributed by atoms with Gasteiger partial charge in [-0.05, 0) is 31.5 Å². The molecule has 0 aromatic heterocycles. The van der Waals surface area contributed by atoms with E-state index in [4.69, 9.17) is 5.11 Å². The lowest BCUT2D eigenvalue weighted by Crippen LogP contribution is -2.40. The van der Waals surface area contributed by atoms with Crippen LogP contribution in [0.5, 0.6) is 0 Å². The van der Waals surface area contributed by atoms with Gasteiger partial charge in [-0.15, -0.1) is 0 Å². The number of rotatable bonds is 5. The SMILES string of the molecule is CC(NC(=O)Cc1cccc(F)c1)C(C)C(=O)O. The van der Waals surface area contributed by atoms with Gasteiger partial charge in [0.15, 0.2) is 0 Å². The summed E-state index contributed by atoms with van der Waals surface area (Å²) in [4.78, 5) is 22.4. The quantitative estimate of drug-likeness (QED) is 0.837. The van der Waals surface area contributed by atoms with E-state index in [0.717, 1.165) is 0 Å². The first-order chi connectivity index (χ1) is 8.40. The highest BCUT2D eigenvalue weighted by atomic mass is 19.1. The Morgan fingerprint density at radius 1 is 1.39 bits per heavy atom. The van der Waals surface area contributed by atoms with E-state index in [9.17, 15) is 14.0 Å². The summed E-state index contributed by atoms with van der Waals surface area (Å²) in [6.07, 6.45) is 0.0361. The maximum Gasteiger partial charge on any atom is 0.308 e. The summed E-state index contributed by atoms with van der Waals surface area (Å²) in [5, 5.41) is 11.4. The zero-order valence-electron chi connectivity index (χ0n) is 10.3. The molecule has 0 aliphatic heterocycles. The summed E-state index contributed by atoms with van der Waals surface area (Å²) in [5.41, 5.74) is 0.558. The lowest BCUT2D eigenvalue weighted by Gasteiger charge is -2.17. The topological polar surface area (TPSA) is 66.4 Å². The van der Waals surface area contributed by atoms with Gasteiger partial charge in [0.25, 0.3) is 0 Å². The molecule has 0 saturated carbocycles. The molecular weight excluding hydrogens is 237 g/mol. The van der Waals surface area contributed by atoms with Gasteiger partial charge in [0.2, 0.25) is 5.91 Å². The van der Waals surface area contributed by atoms with Crippen LogP contribution in [-0.4, -0.2) is 23.0 Å². The number of carbonyl (C=O) groups is 2. The van der Waals surface area contributed by atoms with Crippen LogP contribution in [0.15, 0.2) is 24.3 Å². The average molecular weight is 253 g/mol. The van der Waals surface area contributed by atoms with Crippen LogP contribution in [0.4, 0.5) is 4.39 Å². The van der Waals surface area contributed by atoms with Gasteiger partial charge in [0, 0.05) is 6.04 Å². The highest BCUT2D eigenvalue weighted by Crippen LogP contribution is 2.06. The van der Waals surface area contributed by atoms with Crippen molar-refractivity contribution in [2.75, 3.05) is 0 Å². The molecule has 0 bridgehead atoms. The largest absolute Gasteiger partial charge is 0.481 e. The third kappa shape index (κ3) is 4.16. The maximum atomic E-state index is 12.9. The molecule has 98 valence electrons. The molecule has 2 atom stereocenters. The molecular formula is C13H16FNO3. The van der Waals surface area contributed by atoms with Gasteiger partial charge in [-0.3, -0.25) is 9.59 Å². The number of hydrogen-bond donors (Lipinski definition) is 2. The summed E-state index contributed by atoms with van der Waals surface area (Å²) >= 11 is 0. The molecule has 0 saturated heterocycles. The van der Waals surface area contributed by atoms with Crippen LogP contribution < -0.4 is 5.32 Å².